The van der Waals surface area contributed by atoms with E-state index in [1.54, 1.807) is 6.08 Å². The standard InChI is InChI=1S/C16H11BrCl2O2S/c1-21-14(20)9-7-10-6-8-13(16(19)15(10)18)22-12-5-3-2-4-11(12)17/h2-9H,1H3/b9-7+. The zero-order chi connectivity index (χ0) is 16.1. The predicted molar refractivity (Wildman–Crippen MR) is 95.8 cm³/mol. The van der Waals surface area contributed by atoms with E-state index < -0.39 is 5.97 Å². The fourth-order valence-corrected chi connectivity index (χ4v) is 3.60. The Morgan fingerprint density at radius 1 is 1.14 bits per heavy atom. The van der Waals surface area contributed by atoms with E-state index >= 15 is 0 Å². The monoisotopic (exact) mass is 416 g/mol. The van der Waals surface area contributed by atoms with E-state index in [4.69, 9.17) is 23.2 Å². The zero-order valence-corrected chi connectivity index (χ0v) is 15.4. The maximum atomic E-state index is 11.1. The number of rotatable bonds is 4. The second-order valence-corrected chi connectivity index (χ2v) is 6.86. The van der Waals surface area contributed by atoms with Crippen molar-refractivity contribution in [2.45, 2.75) is 9.79 Å². The van der Waals surface area contributed by atoms with Gasteiger partial charge in [0.25, 0.3) is 0 Å². The quantitative estimate of drug-likeness (QED) is 0.444. The normalized spacial score (nSPS) is 10.9. The minimum atomic E-state index is -0.446. The molecule has 0 unspecified atom stereocenters. The summed E-state index contributed by atoms with van der Waals surface area (Å²) in [5.41, 5.74) is 0.661. The van der Waals surface area contributed by atoms with Crippen molar-refractivity contribution in [2.75, 3.05) is 7.11 Å². The van der Waals surface area contributed by atoms with E-state index in [0.717, 1.165) is 14.3 Å². The third kappa shape index (κ3) is 4.29. The lowest BCUT2D eigenvalue weighted by Gasteiger charge is -2.09. The molecule has 0 aromatic heterocycles. The lowest BCUT2D eigenvalue weighted by Crippen LogP contribution is -1.93. The second kappa shape index (κ2) is 8.06. The molecule has 6 heteroatoms. The highest BCUT2D eigenvalue weighted by Crippen LogP contribution is 2.41. The van der Waals surface area contributed by atoms with Crippen LogP contribution in [0.15, 0.2) is 56.7 Å². The lowest BCUT2D eigenvalue weighted by atomic mass is 10.2. The van der Waals surface area contributed by atoms with Gasteiger partial charge in [-0.05, 0) is 45.8 Å². The van der Waals surface area contributed by atoms with Crippen molar-refractivity contribution in [3.63, 3.8) is 0 Å². The summed E-state index contributed by atoms with van der Waals surface area (Å²) >= 11 is 17.6. The van der Waals surface area contributed by atoms with Crippen molar-refractivity contribution in [1.29, 1.82) is 0 Å². The van der Waals surface area contributed by atoms with Crippen LogP contribution in [-0.4, -0.2) is 13.1 Å². The molecule has 0 saturated heterocycles. The summed E-state index contributed by atoms with van der Waals surface area (Å²) in [6, 6.07) is 11.5. The average Bonchev–Trinajstić information content (AvgIpc) is 2.52. The van der Waals surface area contributed by atoms with Crippen LogP contribution in [0.5, 0.6) is 0 Å². The number of benzene rings is 2. The first-order valence-electron chi connectivity index (χ1n) is 6.19. The van der Waals surface area contributed by atoms with Crippen molar-refractivity contribution in [2.24, 2.45) is 0 Å². The van der Waals surface area contributed by atoms with E-state index in [0.29, 0.717) is 15.6 Å². The van der Waals surface area contributed by atoms with Crippen molar-refractivity contribution < 1.29 is 9.53 Å². The van der Waals surface area contributed by atoms with Crippen molar-refractivity contribution in [1.82, 2.24) is 0 Å². The van der Waals surface area contributed by atoms with Crippen LogP contribution in [0.3, 0.4) is 0 Å². The summed E-state index contributed by atoms with van der Waals surface area (Å²) in [7, 11) is 1.32. The molecule has 0 amide bonds. The van der Waals surface area contributed by atoms with Crippen molar-refractivity contribution >= 4 is 62.9 Å². The smallest absolute Gasteiger partial charge is 0.330 e. The zero-order valence-electron chi connectivity index (χ0n) is 11.5. The third-order valence-electron chi connectivity index (χ3n) is 2.73. The Kier molecular flexibility index (Phi) is 6.38. The Hall–Kier alpha value is -0.940. The van der Waals surface area contributed by atoms with Crippen LogP contribution in [-0.2, 0) is 9.53 Å². The van der Waals surface area contributed by atoms with Gasteiger partial charge in [-0.15, -0.1) is 0 Å². The largest absolute Gasteiger partial charge is 0.466 e. The van der Waals surface area contributed by atoms with Gasteiger partial charge in [0.2, 0.25) is 0 Å². The molecule has 0 aliphatic carbocycles. The van der Waals surface area contributed by atoms with E-state index in [1.807, 2.05) is 36.4 Å². The van der Waals surface area contributed by atoms with Crippen LogP contribution in [0.25, 0.3) is 6.08 Å². The Morgan fingerprint density at radius 2 is 1.86 bits per heavy atom. The van der Waals surface area contributed by atoms with Crippen LogP contribution in [0.4, 0.5) is 0 Å². The van der Waals surface area contributed by atoms with Gasteiger partial charge in [0.1, 0.15) is 0 Å². The predicted octanol–water partition coefficient (Wildman–Crippen LogP) is 6.09. The number of ether oxygens (including phenoxy) is 1. The Balaban J connectivity index is 2.29. The molecule has 0 radical (unpaired) electrons. The average molecular weight is 418 g/mol. The van der Waals surface area contributed by atoms with Crippen LogP contribution in [0, 0.1) is 0 Å². The maximum Gasteiger partial charge on any atom is 0.330 e. The van der Waals surface area contributed by atoms with Gasteiger partial charge >= 0.3 is 5.97 Å². The van der Waals surface area contributed by atoms with Gasteiger partial charge in [0.15, 0.2) is 0 Å². The van der Waals surface area contributed by atoms with Gasteiger partial charge in [0.05, 0.1) is 17.2 Å². The molecule has 0 heterocycles. The number of halogens is 3. The van der Waals surface area contributed by atoms with Crippen molar-refractivity contribution in [3.8, 4) is 0 Å². The summed E-state index contributed by atoms with van der Waals surface area (Å²) in [6.07, 6.45) is 2.88. The molecule has 0 N–H and O–H groups in total. The van der Waals surface area contributed by atoms with Gasteiger partial charge in [-0.1, -0.05) is 53.2 Å². The number of hydrogen-bond acceptors (Lipinski definition) is 3. The molecular formula is C16H11BrCl2O2S. The molecular weight excluding hydrogens is 407 g/mol. The number of carbonyl (C=O) groups is 1. The topological polar surface area (TPSA) is 26.3 Å². The van der Waals surface area contributed by atoms with Crippen LogP contribution >= 0.6 is 50.9 Å². The van der Waals surface area contributed by atoms with E-state index in [2.05, 4.69) is 20.7 Å². The van der Waals surface area contributed by atoms with Gasteiger partial charge in [-0.2, -0.15) is 0 Å². The minimum absolute atomic E-state index is 0.402. The first kappa shape index (κ1) is 17.4. The summed E-state index contributed by atoms with van der Waals surface area (Å²) in [5.74, 6) is -0.446. The van der Waals surface area contributed by atoms with Gasteiger partial charge in [-0.25, -0.2) is 4.79 Å². The molecule has 0 atom stereocenters. The fraction of sp³-hybridized carbons (Fsp3) is 0.0625. The highest BCUT2D eigenvalue weighted by Gasteiger charge is 2.11. The lowest BCUT2D eigenvalue weighted by molar-refractivity contribution is -0.134. The molecule has 22 heavy (non-hydrogen) atoms. The summed E-state index contributed by atoms with van der Waals surface area (Å²) in [5, 5.41) is 0.855. The molecule has 0 aliphatic rings. The molecule has 114 valence electrons. The SMILES string of the molecule is COC(=O)/C=C/c1ccc(Sc2ccccc2Br)c(Cl)c1Cl. The van der Waals surface area contributed by atoms with E-state index in [-0.39, 0.29) is 0 Å². The van der Waals surface area contributed by atoms with Gasteiger partial charge < -0.3 is 4.74 Å². The molecule has 2 aromatic rings. The highest BCUT2D eigenvalue weighted by atomic mass is 79.9. The van der Waals surface area contributed by atoms with Crippen LogP contribution < -0.4 is 0 Å². The molecule has 0 spiro atoms. The molecule has 0 fully saturated rings. The number of carbonyl (C=O) groups excluding carboxylic acids is 1. The molecule has 2 rings (SSSR count). The first-order chi connectivity index (χ1) is 10.5. The van der Waals surface area contributed by atoms with Crippen LogP contribution in [0.2, 0.25) is 10.0 Å². The van der Waals surface area contributed by atoms with Gasteiger partial charge in [0, 0.05) is 20.3 Å². The van der Waals surface area contributed by atoms with Gasteiger partial charge in [-0.3, -0.25) is 0 Å². The highest BCUT2D eigenvalue weighted by molar-refractivity contribution is 9.10. The molecule has 0 bridgehead atoms. The Morgan fingerprint density at radius 3 is 2.55 bits per heavy atom. The summed E-state index contributed by atoms with van der Waals surface area (Å²) in [6.45, 7) is 0. The van der Waals surface area contributed by atoms with Crippen molar-refractivity contribution in [3.05, 3.63) is 62.6 Å². The minimum Gasteiger partial charge on any atom is -0.466 e. The maximum absolute atomic E-state index is 11.1. The summed E-state index contributed by atoms with van der Waals surface area (Å²) in [4.78, 5) is 13.0. The molecule has 2 nitrogen and oxygen atoms in total. The Labute approximate surface area is 151 Å². The molecule has 0 saturated carbocycles. The molecule has 2 aromatic carbocycles. The molecule has 0 aliphatic heterocycles. The van der Waals surface area contributed by atoms with E-state index in [1.165, 1.54) is 24.9 Å². The van der Waals surface area contributed by atoms with E-state index in [9.17, 15) is 4.79 Å². The fourth-order valence-electron chi connectivity index (χ4n) is 1.63. The number of methoxy groups -OCH3 is 1. The van der Waals surface area contributed by atoms with Crippen LogP contribution in [0.1, 0.15) is 5.56 Å². The number of esters is 1. The Bertz CT molecular complexity index is 732. The summed E-state index contributed by atoms with van der Waals surface area (Å²) < 4.78 is 5.53. The third-order valence-corrected chi connectivity index (χ3v) is 5.83. The second-order valence-electron chi connectivity index (χ2n) is 4.17. The first-order valence-corrected chi connectivity index (χ1v) is 8.56. The number of hydrogen-bond donors (Lipinski definition) is 0.